The third-order valence-corrected chi connectivity index (χ3v) is 0.667. The number of hydrogen-bond donors (Lipinski definition) is 2. The molecule has 0 fully saturated rings. The first kappa shape index (κ1) is 9.50. The van der Waals surface area contributed by atoms with Crippen LogP contribution in [0.2, 0.25) is 0 Å². The fourth-order valence-electron chi connectivity index (χ4n) is 0.385. The molecule has 0 atom stereocenters. The summed E-state index contributed by atoms with van der Waals surface area (Å²) >= 11 is -3.58. The molecule has 0 aromatic heterocycles. The van der Waals surface area contributed by atoms with Gasteiger partial charge < -0.3 is 0 Å². The summed E-state index contributed by atoms with van der Waals surface area (Å²) in [6.07, 6.45) is 0. The molecule has 0 unspecified atom stereocenters. The van der Waals surface area contributed by atoms with Gasteiger partial charge in [0.15, 0.2) is 0 Å². The summed E-state index contributed by atoms with van der Waals surface area (Å²) in [5.74, 6) is 0. The van der Waals surface area contributed by atoms with Crippen molar-refractivity contribution < 1.29 is 11.9 Å². The van der Waals surface area contributed by atoms with E-state index in [0.717, 1.165) is 0 Å². The molecule has 3 nitrogen and oxygen atoms in total. The summed E-state index contributed by atoms with van der Waals surface area (Å²) in [5, 5.41) is 0. The van der Waals surface area contributed by atoms with Crippen molar-refractivity contribution in [3.05, 3.63) is 36.4 Å². The molecule has 0 bridgehead atoms. The van der Waals surface area contributed by atoms with E-state index in [1.165, 1.54) is 0 Å². The molecule has 0 radical (unpaired) electrons. The summed E-state index contributed by atoms with van der Waals surface area (Å²) in [5.41, 5.74) is 0. The molecular weight excluding hydrogens is 195 g/mol. The minimum Gasteiger partial charge on any atom is -0.0623 e. The quantitative estimate of drug-likeness (QED) is 0.575. The summed E-state index contributed by atoms with van der Waals surface area (Å²) in [6.45, 7) is 0. The van der Waals surface area contributed by atoms with Crippen LogP contribution in [0, 0.1) is 0 Å². The number of rotatable bonds is 0. The molecule has 0 aliphatic rings. The van der Waals surface area contributed by atoms with E-state index in [4.69, 9.17) is 11.9 Å². The molecule has 1 aromatic rings. The predicted octanol–water partition coefficient (Wildman–Crippen LogP) is -0.195. The zero-order valence-corrected chi connectivity index (χ0v) is 7.36. The average molecular weight is 204 g/mol. The molecule has 2 N–H and O–H groups in total. The molecule has 1 aromatic carbocycles. The van der Waals surface area contributed by atoms with Crippen molar-refractivity contribution >= 4 is 15.3 Å². The second-order valence-electron chi connectivity index (χ2n) is 1.44. The van der Waals surface area contributed by atoms with E-state index >= 15 is 0 Å². The van der Waals surface area contributed by atoms with Gasteiger partial charge in [-0.3, -0.25) is 0 Å². The smallest absolute Gasteiger partial charge is 0.0623 e. The molecule has 1 rings (SSSR count). The Hall–Kier alpha value is -0.502. The Morgan fingerprint density at radius 1 is 0.800 bits per heavy atom. The third kappa shape index (κ3) is 10.5. The van der Waals surface area contributed by atoms with Crippen molar-refractivity contribution in [1.29, 1.82) is 0 Å². The van der Waals surface area contributed by atoms with Crippen LogP contribution in [0.3, 0.4) is 0 Å². The van der Waals surface area contributed by atoms with Crippen LogP contribution in [0.25, 0.3) is 0 Å². The van der Waals surface area contributed by atoms with Crippen LogP contribution in [-0.2, 0) is 3.74 Å². The molecule has 0 aliphatic heterocycles. The summed E-state index contributed by atoms with van der Waals surface area (Å²) < 4.78 is 23.2. The topological polar surface area (TPSA) is 57.5 Å². The second kappa shape index (κ2) is 6.62. The maximum absolute atomic E-state index is 8.81. The van der Waals surface area contributed by atoms with Gasteiger partial charge in [-0.1, -0.05) is 36.4 Å². The van der Waals surface area contributed by atoms with Gasteiger partial charge in [0.05, 0.1) is 0 Å². The molecule has 0 heterocycles. The maximum atomic E-state index is 8.81. The monoisotopic (exact) mass is 204 g/mol. The van der Waals surface area contributed by atoms with Crippen LogP contribution in [-0.4, -0.2) is 23.5 Å². The van der Waals surface area contributed by atoms with E-state index < -0.39 is 15.3 Å². The maximum Gasteiger partial charge on any atom is -0.0623 e. The van der Waals surface area contributed by atoms with Crippen molar-refractivity contribution in [2.75, 3.05) is 0 Å². The molecule has 56 valence electrons. The Morgan fingerprint density at radius 2 is 0.900 bits per heavy atom. The largest absolute Gasteiger partial charge is 0.0623 e. The summed E-state index contributed by atoms with van der Waals surface area (Å²) in [7, 11) is 0. The molecule has 0 saturated carbocycles. The van der Waals surface area contributed by atoms with Gasteiger partial charge in [-0.2, -0.15) is 0 Å². The van der Waals surface area contributed by atoms with Crippen LogP contribution < -0.4 is 0 Å². The minimum atomic E-state index is -3.58. The van der Waals surface area contributed by atoms with Gasteiger partial charge in [0.1, 0.15) is 0 Å². The van der Waals surface area contributed by atoms with Crippen LogP contribution in [0.5, 0.6) is 0 Å². The minimum absolute atomic E-state index is 2.00. The first-order valence-corrected chi connectivity index (χ1v) is 5.38. The average Bonchev–Trinajstić information content (AvgIpc) is 1.90. The van der Waals surface area contributed by atoms with E-state index in [2.05, 4.69) is 0 Å². The van der Waals surface area contributed by atoms with Gasteiger partial charge in [-0.05, 0) is 0 Å². The van der Waals surface area contributed by atoms with E-state index in [-0.39, 0.29) is 0 Å². The van der Waals surface area contributed by atoms with Gasteiger partial charge in [0, 0.05) is 0 Å². The zero-order chi connectivity index (χ0) is 7.82. The first-order valence-electron chi connectivity index (χ1n) is 2.65. The van der Waals surface area contributed by atoms with Crippen LogP contribution in [0.4, 0.5) is 0 Å². The van der Waals surface area contributed by atoms with E-state index in [1.807, 2.05) is 36.4 Å². The van der Waals surface area contributed by atoms with Crippen LogP contribution in [0.1, 0.15) is 0 Å². The van der Waals surface area contributed by atoms with Crippen LogP contribution in [0.15, 0.2) is 36.4 Å². The summed E-state index contributed by atoms with van der Waals surface area (Å²) in [6, 6.07) is 12.0. The molecule has 0 spiro atoms. The fourth-order valence-corrected chi connectivity index (χ4v) is 0.385. The Balaban J connectivity index is 0.000000180. The molecule has 0 amide bonds. The Labute approximate surface area is 64.1 Å². The predicted molar refractivity (Wildman–Crippen MR) is 38.7 cm³/mol. The van der Waals surface area contributed by atoms with E-state index in [9.17, 15) is 0 Å². The summed E-state index contributed by atoms with van der Waals surface area (Å²) in [4.78, 5) is 0. The molecule has 4 heteroatoms. The van der Waals surface area contributed by atoms with Gasteiger partial charge in [-0.25, -0.2) is 0 Å². The van der Waals surface area contributed by atoms with Crippen molar-refractivity contribution in [2.45, 2.75) is 0 Å². The van der Waals surface area contributed by atoms with Gasteiger partial charge in [0.25, 0.3) is 0 Å². The van der Waals surface area contributed by atoms with Gasteiger partial charge in [0.2, 0.25) is 0 Å². The van der Waals surface area contributed by atoms with E-state index in [1.54, 1.807) is 0 Å². The second-order valence-corrected chi connectivity index (χ2v) is 2.62. The normalized spacial score (nSPS) is 8.30. The van der Waals surface area contributed by atoms with Gasteiger partial charge >= 0.3 is 27.2 Å². The Bertz CT molecular complexity index is 145. The number of benzene rings is 1. The standard InChI is InChI=1S/C6H6.AsH3O3/c1-2-4-6-5-3-1;2-1(3)4/h1-6H;1H,(H2,2,3,4). The Morgan fingerprint density at radius 3 is 1.00 bits per heavy atom. The molecule has 0 aliphatic carbocycles. The Kier molecular flexibility index (Phi) is 6.28. The fraction of sp³-hybridized carbons (Fsp3) is 0. The first-order chi connectivity index (χ1) is 4.73. The zero-order valence-electron chi connectivity index (χ0n) is 5.27. The van der Waals surface area contributed by atoms with Gasteiger partial charge in [-0.15, -0.1) is 0 Å². The molecule has 0 saturated heterocycles. The SMILES string of the molecule is O=[AsH](O)O.c1ccccc1. The van der Waals surface area contributed by atoms with Crippen molar-refractivity contribution in [1.82, 2.24) is 0 Å². The van der Waals surface area contributed by atoms with Crippen molar-refractivity contribution in [3.63, 3.8) is 0 Å². The van der Waals surface area contributed by atoms with E-state index in [0.29, 0.717) is 0 Å². The third-order valence-electron chi connectivity index (χ3n) is 0.667. The van der Waals surface area contributed by atoms with Crippen molar-refractivity contribution in [2.24, 2.45) is 0 Å². The number of hydrogen-bond acceptors (Lipinski definition) is 1. The van der Waals surface area contributed by atoms with Crippen LogP contribution >= 0.6 is 0 Å². The van der Waals surface area contributed by atoms with Crippen molar-refractivity contribution in [3.8, 4) is 0 Å². The molecular formula is C6H9AsO3. The molecule has 10 heavy (non-hydrogen) atoms.